The molecule has 2 aromatic heterocycles. The van der Waals surface area contributed by atoms with E-state index in [0.717, 1.165) is 67.1 Å². The number of fused-ring (bicyclic) bond motifs is 3. The average Bonchev–Trinajstić information content (AvgIpc) is 3.09. The molecule has 5 nitrogen and oxygen atoms in total. The lowest BCUT2D eigenvalue weighted by Crippen LogP contribution is -3.12. The van der Waals surface area contributed by atoms with E-state index in [1.807, 2.05) is 18.2 Å². The number of benzene rings is 1. The van der Waals surface area contributed by atoms with Gasteiger partial charge in [0.05, 0.1) is 42.8 Å². The zero-order valence-electron chi connectivity index (χ0n) is 18.5. The summed E-state index contributed by atoms with van der Waals surface area (Å²) in [6, 6.07) is 10.6. The molecule has 0 amide bonds. The summed E-state index contributed by atoms with van der Waals surface area (Å²) in [5, 5.41) is 13.7. The molecule has 5 heteroatoms. The van der Waals surface area contributed by atoms with Crippen LogP contribution in [-0.2, 0) is 6.42 Å². The van der Waals surface area contributed by atoms with Crippen molar-refractivity contribution in [1.29, 1.82) is 5.26 Å². The second kappa shape index (κ2) is 9.28. The molecule has 0 aliphatic carbocycles. The number of likely N-dealkylation sites (N-methyl/N-ethyl adjacent to an activating group) is 1. The average molecular weight is 393 g/mol. The molecule has 3 aromatic rings. The van der Waals surface area contributed by atoms with E-state index in [9.17, 15) is 5.26 Å². The normalized spacial score (nSPS) is 11.7. The van der Waals surface area contributed by atoms with Crippen LogP contribution >= 0.6 is 0 Å². The number of hydrogen-bond donors (Lipinski definition) is 2. The van der Waals surface area contributed by atoms with Crippen molar-refractivity contribution in [3.8, 4) is 6.07 Å². The van der Waals surface area contributed by atoms with Crippen molar-refractivity contribution in [2.24, 2.45) is 5.92 Å². The van der Waals surface area contributed by atoms with E-state index in [1.54, 1.807) is 4.90 Å². The van der Waals surface area contributed by atoms with Gasteiger partial charge in [0.1, 0.15) is 11.9 Å². The molecule has 0 atom stereocenters. The molecule has 0 aliphatic rings. The Bertz CT molecular complexity index is 1020. The summed E-state index contributed by atoms with van der Waals surface area (Å²) in [6.07, 6.45) is 2.06. The molecule has 3 rings (SSSR count). The van der Waals surface area contributed by atoms with Crippen LogP contribution in [0, 0.1) is 24.2 Å². The smallest absolute Gasteiger partial charge is 0.157 e. The maximum absolute atomic E-state index is 9.92. The highest BCUT2D eigenvalue weighted by Gasteiger charge is 2.21. The van der Waals surface area contributed by atoms with Crippen molar-refractivity contribution in [2.45, 2.75) is 47.5 Å². The number of rotatable bonds is 9. The molecule has 1 aromatic carbocycles. The van der Waals surface area contributed by atoms with E-state index in [-0.39, 0.29) is 0 Å². The first-order valence-corrected chi connectivity index (χ1v) is 10.9. The van der Waals surface area contributed by atoms with Gasteiger partial charge in [-0.3, -0.25) is 4.40 Å². The number of anilines is 1. The first kappa shape index (κ1) is 21.1. The third-order valence-electron chi connectivity index (χ3n) is 5.98. The van der Waals surface area contributed by atoms with Crippen molar-refractivity contribution in [3.63, 3.8) is 0 Å². The molecule has 0 saturated heterocycles. The zero-order valence-corrected chi connectivity index (χ0v) is 18.5. The maximum Gasteiger partial charge on any atom is 0.157 e. The third kappa shape index (κ3) is 4.23. The first-order valence-electron chi connectivity index (χ1n) is 10.9. The Morgan fingerprint density at radius 2 is 1.93 bits per heavy atom. The van der Waals surface area contributed by atoms with Crippen LogP contribution in [0.25, 0.3) is 16.7 Å². The van der Waals surface area contributed by atoms with Gasteiger partial charge < -0.3 is 10.2 Å². The molecule has 2 heterocycles. The number of quaternary nitrogens is 1. The second-order valence-electron chi connectivity index (χ2n) is 8.26. The largest absolute Gasteiger partial charge is 0.365 e. The highest BCUT2D eigenvalue weighted by Crippen LogP contribution is 2.32. The fourth-order valence-corrected chi connectivity index (χ4v) is 4.07. The van der Waals surface area contributed by atoms with Crippen LogP contribution < -0.4 is 10.2 Å². The highest BCUT2D eigenvalue weighted by atomic mass is 15.2. The van der Waals surface area contributed by atoms with Crippen LogP contribution in [-0.4, -0.2) is 35.6 Å². The van der Waals surface area contributed by atoms with Gasteiger partial charge in [-0.2, -0.15) is 5.26 Å². The number of nitrogens with zero attached hydrogens (tertiary/aromatic N) is 3. The fourth-order valence-electron chi connectivity index (χ4n) is 4.07. The molecular formula is C24H34N5+. The first-order chi connectivity index (χ1) is 14.0. The topological polar surface area (TPSA) is 57.6 Å². The molecule has 0 fully saturated rings. The Hall–Kier alpha value is -2.58. The molecule has 0 radical (unpaired) electrons. The Kier molecular flexibility index (Phi) is 6.76. The summed E-state index contributed by atoms with van der Waals surface area (Å²) in [5.41, 5.74) is 5.76. The monoisotopic (exact) mass is 392 g/mol. The van der Waals surface area contributed by atoms with Crippen molar-refractivity contribution < 1.29 is 4.90 Å². The molecule has 0 spiro atoms. The standard InChI is InChI=1S/C24H33N5/c1-6-28(7-2)15-14-26-23-19(13-12-17(3)4)18(5)20(16-25)24-27-21-10-8-9-11-22(21)29(23)24/h8-11,17,26H,6-7,12-15H2,1-5H3/p+1. The minimum absolute atomic E-state index is 0.614. The van der Waals surface area contributed by atoms with E-state index < -0.39 is 0 Å². The van der Waals surface area contributed by atoms with Crippen LogP contribution in [0.5, 0.6) is 0 Å². The summed E-state index contributed by atoms with van der Waals surface area (Å²) < 4.78 is 2.17. The quantitative estimate of drug-likeness (QED) is 0.585. The number of nitrogens with one attached hydrogen (secondary N) is 2. The van der Waals surface area contributed by atoms with E-state index >= 15 is 0 Å². The van der Waals surface area contributed by atoms with Gasteiger partial charge in [-0.1, -0.05) is 26.0 Å². The molecule has 2 N–H and O–H groups in total. The Labute approximate surface area is 174 Å². The number of nitriles is 1. The van der Waals surface area contributed by atoms with E-state index in [4.69, 9.17) is 4.98 Å². The van der Waals surface area contributed by atoms with E-state index in [0.29, 0.717) is 11.5 Å². The number of aromatic nitrogens is 2. The molecule has 0 bridgehead atoms. The Balaban J connectivity index is 2.17. The van der Waals surface area contributed by atoms with Gasteiger partial charge in [-0.05, 0) is 62.8 Å². The predicted molar refractivity (Wildman–Crippen MR) is 121 cm³/mol. The van der Waals surface area contributed by atoms with E-state index in [1.165, 1.54) is 5.56 Å². The van der Waals surface area contributed by atoms with Crippen molar-refractivity contribution in [2.75, 3.05) is 31.5 Å². The summed E-state index contributed by atoms with van der Waals surface area (Å²) in [6.45, 7) is 15.3. The number of hydrogen-bond acceptors (Lipinski definition) is 3. The van der Waals surface area contributed by atoms with Crippen LogP contribution in [0.2, 0.25) is 0 Å². The van der Waals surface area contributed by atoms with Gasteiger partial charge >= 0.3 is 0 Å². The number of para-hydroxylation sites is 2. The summed E-state index contributed by atoms with van der Waals surface area (Å²) in [5.74, 6) is 1.72. The van der Waals surface area contributed by atoms with Crippen molar-refractivity contribution in [3.05, 3.63) is 41.0 Å². The number of imidazole rings is 1. The fraction of sp³-hybridized carbons (Fsp3) is 0.500. The lowest BCUT2D eigenvalue weighted by atomic mass is 9.97. The van der Waals surface area contributed by atoms with Crippen LogP contribution in [0.3, 0.4) is 0 Å². The van der Waals surface area contributed by atoms with Gasteiger partial charge in [-0.25, -0.2) is 4.98 Å². The van der Waals surface area contributed by atoms with Crippen LogP contribution in [0.1, 0.15) is 50.8 Å². The lowest BCUT2D eigenvalue weighted by molar-refractivity contribution is -0.894. The van der Waals surface area contributed by atoms with Gasteiger partial charge in [-0.15, -0.1) is 0 Å². The lowest BCUT2D eigenvalue weighted by Gasteiger charge is -2.21. The predicted octanol–water partition coefficient (Wildman–Crippen LogP) is 3.59. The molecule has 0 aliphatic heterocycles. The van der Waals surface area contributed by atoms with Crippen LogP contribution in [0.15, 0.2) is 24.3 Å². The minimum atomic E-state index is 0.614. The van der Waals surface area contributed by atoms with Crippen LogP contribution in [0.4, 0.5) is 5.82 Å². The Morgan fingerprint density at radius 3 is 2.59 bits per heavy atom. The summed E-state index contributed by atoms with van der Waals surface area (Å²) >= 11 is 0. The molecule has 154 valence electrons. The maximum atomic E-state index is 9.92. The Morgan fingerprint density at radius 1 is 1.21 bits per heavy atom. The molecule has 0 unspecified atom stereocenters. The minimum Gasteiger partial charge on any atom is -0.365 e. The van der Waals surface area contributed by atoms with Gasteiger partial charge in [0.25, 0.3) is 0 Å². The second-order valence-corrected chi connectivity index (χ2v) is 8.26. The van der Waals surface area contributed by atoms with Gasteiger partial charge in [0, 0.05) is 0 Å². The molecule has 0 saturated carbocycles. The zero-order chi connectivity index (χ0) is 21.0. The van der Waals surface area contributed by atoms with Gasteiger partial charge in [0.2, 0.25) is 0 Å². The van der Waals surface area contributed by atoms with E-state index in [2.05, 4.69) is 56.5 Å². The molecular weight excluding hydrogens is 358 g/mol. The molecule has 29 heavy (non-hydrogen) atoms. The van der Waals surface area contributed by atoms with Crippen molar-refractivity contribution >= 4 is 22.5 Å². The van der Waals surface area contributed by atoms with Crippen molar-refractivity contribution in [1.82, 2.24) is 9.38 Å². The summed E-state index contributed by atoms with van der Waals surface area (Å²) in [7, 11) is 0. The number of pyridine rings is 1. The SMILES string of the molecule is CC[NH+](CC)CCNc1c(CCC(C)C)c(C)c(C#N)c2nc3ccccc3n12. The summed E-state index contributed by atoms with van der Waals surface area (Å²) in [4.78, 5) is 6.40. The highest BCUT2D eigenvalue weighted by molar-refractivity contribution is 5.86. The third-order valence-corrected chi connectivity index (χ3v) is 5.98. The van der Waals surface area contributed by atoms with Gasteiger partial charge in [0.15, 0.2) is 5.65 Å².